The molecule has 0 saturated carbocycles. The number of halogens is 4. The molecule has 88 valence electrons. The third kappa shape index (κ3) is 3.37. The Morgan fingerprint density at radius 3 is 2.62 bits per heavy atom. The van der Waals surface area contributed by atoms with E-state index >= 15 is 0 Å². The molecule has 7 heteroatoms. The molecule has 1 aromatic rings. The molecular weight excluding hydrogens is 247 g/mol. The van der Waals surface area contributed by atoms with Gasteiger partial charge in [0.2, 0.25) is 0 Å². The molecule has 0 saturated heterocycles. The molecule has 0 amide bonds. The van der Waals surface area contributed by atoms with Gasteiger partial charge in [0.05, 0.1) is 13.5 Å². The van der Waals surface area contributed by atoms with E-state index in [1.807, 2.05) is 0 Å². The Morgan fingerprint density at radius 1 is 1.50 bits per heavy atom. The van der Waals surface area contributed by atoms with E-state index < -0.39 is 17.8 Å². The molecular formula is C9H7ClF3NO2. The quantitative estimate of drug-likeness (QED) is 0.600. The van der Waals surface area contributed by atoms with Crippen LogP contribution < -0.4 is 0 Å². The van der Waals surface area contributed by atoms with Crippen LogP contribution in [-0.4, -0.2) is 18.1 Å². The molecule has 0 aromatic carbocycles. The maximum absolute atomic E-state index is 12.3. The predicted octanol–water partition coefficient (Wildman–Crippen LogP) is 2.47. The number of hydrogen-bond acceptors (Lipinski definition) is 3. The zero-order chi connectivity index (χ0) is 12.3. The summed E-state index contributed by atoms with van der Waals surface area (Å²) in [7, 11) is 1.15. The van der Waals surface area contributed by atoms with Gasteiger partial charge in [0, 0.05) is 0 Å². The Balaban J connectivity index is 3.04. The van der Waals surface area contributed by atoms with Crippen LogP contribution in [0.25, 0.3) is 0 Å². The molecule has 0 atom stereocenters. The first-order valence-corrected chi connectivity index (χ1v) is 4.51. The minimum atomic E-state index is -4.59. The lowest BCUT2D eigenvalue weighted by atomic mass is 10.1. The van der Waals surface area contributed by atoms with Crippen molar-refractivity contribution in [1.29, 1.82) is 0 Å². The number of carbonyl (C=O) groups is 1. The van der Waals surface area contributed by atoms with Crippen LogP contribution in [0.1, 0.15) is 11.3 Å². The molecule has 0 aliphatic rings. The number of methoxy groups -OCH3 is 1. The zero-order valence-electron chi connectivity index (χ0n) is 8.14. The van der Waals surface area contributed by atoms with Crippen molar-refractivity contribution < 1.29 is 22.7 Å². The summed E-state index contributed by atoms with van der Waals surface area (Å²) in [5.41, 5.74) is -1.02. The van der Waals surface area contributed by atoms with E-state index in [1.54, 1.807) is 0 Å². The van der Waals surface area contributed by atoms with Crippen LogP contribution in [0.5, 0.6) is 0 Å². The third-order valence-corrected chi connectivity index (χ3v) is 1.91. The second kappa shape index (κ2) is 4.69. The van der Waals surface area contributed by atoms with Gasteiger partial charge < -0.3 is 4.74 Å². The summed E-state index contributed by atoms with van der Waals surface area (Å²) in [5.74, 6) is -0.643. The van der Waals surface area contributed by atoms with Gasteiger partial charge in [-0.2, -0.15) is 13.2 Å². The number of carbonyl (C=O) groups excluding carboxylic acids is 1. The van der Waals surface area contributed by atoms with Crippen LogP contribution in [0.3, 0.4) is 0 Å². The predicted molar refractivity (Wildman–Crippen MR) is 50.0 cm³/mol. The molecule has 1 aromatic heterocycles. The fourth-order valence-corrected chi connectivity index (χ4v) is 1.27. The lowest BCUT2D eigenvalue weighted by molar-refractivity contribution is -0.142. The van der Waals surface area contributed by atoms with Crippen LogP contribution in [0.2, 0.25) is 5.15 Å². The summed E-state index contributed by atoms with van der Waals surface area (Å²) in [6.45, 7) is 0. The van der Waals surface area contributed by atoms with Crippen LogP contribution >= 0.6 is 11.6 Å². The average molecular weight is 254 g/mol. The van der Waals surface area contributed by atoms with Gasteiger partial charge in [0.25, 0.3) is 0 Å². The molecule has 0 unspecified atom stereocenters. The molecule has 0 spiro atoms. The minimum absolute atomic E-state index is 0.110. The molecule has 3 nitrogen and oxygen atoms in total. The fourth-order valence-electron chi connectivity index (χ4n) is 1.04. The van der Waals surface area contributed by atoms with Gasteiger partial charge in [0.1, 0.15) is 10.8 Å². The van der Waals surface area contributed by atoms with Crippen molar-refractivity contribution in [2.45, 2.75) is 12.6 Å². The SMILES string of the molecule is COC(=O)Cc1cc(Cl)nc(C(F)(F)F)c1. The second-order valence-electron chi connectivity index (χ2n) is 2.93. The summed E-state index contributed by atoms with van der Waals surface area (Å²) in [5, 5.41) is -0.311. The van der Waals surface area contributed by atoms with Crippen molar-refractivity contribution in [3.8, 4) is 0 Å². The van der Waals surface area contributed by atoms with Gasteiger partial charge in [-0.05, 0) is 17.7 Å². The molecule has 0 bridgehead atoms. The summed E-state index contributed by atoms with van der Waals surface area (Å²) in [6.07, 6.45) is -4.86. The number of aromatic nitrogens is 1. The molecule has 0 aliphatic carbocycles. The first kappa shape index (κ1) is 12.8. The van der Waals surface area contributed by atoms with E-state index in [0.29, 0.717) is 0 Å². The fraction of sp³-hybridized carbons (Fsp3) is 0.333. The second-order valence-corrected chi connectivity index (χ2v) is 3.32. The Kier molecular flexibility index (Phi) is 3.74. The lowest BCUT2D eigenvalue weighted by Crippen LogP contribution is -2.11. The van der Waals surface area contributed by atoms with Gasteiger partial charge in [0.15, 0.2) is 0 Å². The van der Waals surface area contributed by atoms with Gasteiger partial charge in [-0.25, -0.2) is 4.98 Å². The highest BCUT2D eigenvalue weighted by Gasteiger charge is 2.33. The van der Waals surface area contributed by atoms with Crippen molar-refractivity contribution >= 4 is 17.6 Å². The van der Waals surface area contributed by atoms with Gasteiger partial charge >= 0.3 is 12.1 Å². The highest BCUT2D eigenvalue weighted by atomic mass is 35.5. The number of hydrogen-bond donors (Lipinski definition) is 0. The van der Waals surface area contributed by atoms with Crippen LogP contribution in [0.15, 0.2) is 12.1 Å². The molecule has 1 heterocycles. The topological polar surface area (TPSA) is 39.2 Å². The number of alkyl halides is 3. The molecule has 0 radical (unpaired) electrons. The largest absolute Gasteiger partial charge is 0.469 e. The van der Waals surface area contributed by atoms with Gasteiger partial charge in [-0.1, -0.05) is 11.6 Å². The smallest absolute Gasteiger partial charge is 0.433 e. The summed E-state index contributed by atoms with van der Waals surface area (Å²) >= 11 is 5.42. The van der Waals surface area contributed by atoms with Crippen molar-refractivity contribution in [3.63, 3.8) is 0 Å². The zero-order valence-corrected chi connectivity index (χ0v) is 8.89. The summed E-state index contributed by atoms with van der Waals surface area (Å²) in [6, 6.07) is 1.95. The monoisotopic (exact) mass is 253 g/mol. The molecule has 0 fully saturated rings. The first-order chi connectivity index (χ1) is 7.32. The normalized spacial score (nSPS) is 11.3. The Morgan fingerprint density at radius 2 is 2.12 bits per heavy atom. The third-order valence-electron chi connectivity index (χ3n) is 1.72. The molecule has 0 N–H and O–H groups in total. The van der Waals surface area contributed by atoms with E-state index in [4.69, 9.17) is 11.6 Å². The van der Waals surface area contributed by atoms with Crippen LogP contribution in [0, 0.1) is 0 Å². The lowest BCUT2D eigenvalue weighted by Gasteiger charge is -2.08. The molecule has 16 heavy (non-hydrogen) atoms. The maximum Gasteiger partial charge on any atom is 0.433 e. The summed E-state index contributed by atoms with van der Waals surface area (Å²) in [4.78, 5) is 14.0. The van der Waals surface area contributed by atoms with E-state index in [1.165, 1.54) is 6.07 Å². The molecule has 0 aliphatic heterocycles. The van der Waals surface area contributed by atoms with E-state index in [-0.39, 0.29) is 17.1 Å². The molecule has 1 rings (SSSR count). The van der Waals surface area contributed by atoms with Crippen LogP contribution in [0.4, 0.5) is 13.2 Å². The average Bonchev–Trinajstić information content (AvgIpc) is 2.15. The number of nitrogens with zero attached hydrogens (tertiary/aromatic N) is 1. The van der Waals surface area contributed by atoms with Crippen molar-refractivity contribution in [2.75, 3.05) is 7.11 Å². The number of pyridine rings is 1. The Labute approximate surface area is 94.2 Å². The highest BCUT2D eigenvalue weighted by molar-refractivity contribution is 6.29. The maximum atomic E-state index is 12.3. The van der Waals surface area contributed by atoms with Crippen molar-refractivity contribution in [1.82, 2.24) is 4.98 Å². The van der Waals surface area contributed by atoms with Gasteiger partial charge in [-0.15, -0.1) is 0 Å². The van der Waals surface area contributed by atoms with E-state index in [2.05, 4.69) is 9.72 Å². The highest BCUT2D eigenvalue weighted by Crippen LogP contribution is 2.29. The first-order valence-electron chi connectivity index (χ1n) is 4.13. The standard InChI is InChI=1S/C9H7ClF3NO2/c1-16-8(15)4-5-2-6(9(11,12)13)14-7(10)3-5/h2-3H,4H2,1H3. The number of rotatable bonds is 2. The minimum Gasteiger partial charge on any atom is -0.469 e. The Hall–Kier alpha value is -1.30. The Bertz CT molecular complexity index is 406. The van der Waals surface area contributed by atoms with E-state index in [9.17, 15) is 18.0 Å². The number of ether oxygens (including phenoxy) is 1. The van der Waals surface area contributed by atoms with Crippen molar-refractivity contribution in [2.24, 2.45) is 0 Å². The van der Waals surface area contributed by atoms with E-state index in [0.717, 1.165) is 13.2 Å². The summed E-state index contributed by atoms with van der Waals surface area (Å²) < 4.78 is 41.3. The van der Waals surface area contributed by atoms with Gasteiger partial charge in [-0.3, -0.25) is 4.79 Å². The van der Waals surface area contributed by atoms with Crippen LogP contribution in [-0.2, 0) is 22.1 Å². The van der Waals surface area contributed by atoms with Crippen molar-refractivity contribution in [3.05, 3.63) is 28.5 Å². The number of esters is 1.